The minimum atomic E-state index is -1.36. The average molecular weight is 373 g/mol. The Morgan fingerprint density at radius 2 is 1.73 bits per heavy atom. The molecule has 0 saturated heterocycles. The summed E-state index contributed by atoms with van der Waals surface area (Å²) in [6.07, 6.45) is -1.36. The molecule has 0 heterocycles. The van der Waals surface area contributed by atoms with E-state index in [4.69, 9.17) is 15.6 Å². The van der Waals surface area contributed by atoms with Crippen LogP contribution in [-0.2, 0) is 0 Å². The van der Waals surface area contributed by atoms with Gasteiger partial charge in [-0.2, -0.15) is 10.5 Å². The molecule has 0 aliphatic carbocycles. The molecule has 0 aromatic heterocycles. The van der Waals surface area contributed by atoms with Crippen LogP contribution >= 0.6 is 31.9 Å². The van der Waals surface area contributed by atoms with E-state index in [9.17, 15) is 0 Å². The van der Waals surface area contributed by atoms with Crippen LogP contribution in [-0.4, -0.2) is 14.4 Å². The molecule has 1 N–H and O–H groups in total. The van der Waals surface area contributed by atoms with E-state index in [2.05, 4.69) is 31.9 Å². The first kappa shape index (κ1) is 18.7. The van der Waals surface area contributed by atoms with Crippen LogP contribution in [0.3, 0.4) is 0 Å². The number of rotatable bonds is 1. The summed E-state index contributed by atoms with van der Waals surface area (Å²) in [4.78, 5) is 0. The van der Waals surface area contributed by atoms with E-state index in [0.717, 1.165) is 0 Å². The first-order chi connectivity index (χ1) is 4.04. The Labute approximate surface area is 135 Å². The molecule has 0 bridgehead atoms. The summed E-state index contributed by atoms with van der Waals surface area (Å²) in [6, 6.07) is 3.15. The average Bonchev–Trinajstić information content (AvgIpc) is 1.86. The molecule has 0 spiro atoms. The second kappa shape index (κ2) is 8.61. The standard InChI is InChI=1S/C4H2Br2N2O.BrH.K/c5-4(6,2-8)3(9)1-7;;/h3,9H;1H;/q;;+1/p-1. The summed E-state index contributed by atoms with van der Waals surface area (Å²) in [5, 5.41) is 25.0. The number of halogens is 3. The van der Waals surface area contributed by atoms with Crippen molar-refractivity contribution in [3.05, 3.63) is 0 Å². The minimum absolute atomic E-state index is 0. The second-order valence-electron chi connectivity index (χ2n) is 1.27. The molecule has 0 aliphatic heterocycles. The van der Waals surface area contributed by atoms with Crippen LogP contribution in [0.2, 0.25) is 0 Å². The fraction of sp³-hybridized carbons (Fsp3) is 0.500. The number of hydrogen-bond acceptors (Lipinski definition) is 3. The molecule has 1 unspecified atom stereocenters. The van der Waals surface area contributed by atoms with Crippen molar-refractivity contribution in [3.63, 3.8) is 0 Å². The van der Waals surface area contributed by atoms with Crippen molar-refractivity contribution in [2.75, 3.05) is 0 Å². The zero-order valence-electron chi connectivity index (χ0n) is 5.55. The molecular weight excluding hydrogens is 371 g/mol. The SMILES string of the molecule is N#CC(O)C(Br)(Br)C#N.[Br-].[K+]. The zero-order chi connectivity index (χ0) is 7.49. The number of hydrogen-bond donors (Lipinski definition) is 1. The molecule has 0 aliphatic rings. The van der Waals surface area contributed by atoms with Gasteiger partial charge in [0.2, 0.25) is 3.23 Å². The van der Waals surface area contributed by atoms with Crippen LogP contribution in [0.1, 0.15) is 0 Å². The number of nitrogens with zero attached hydrogens (tertiary/aromatic N) is 2. The predicted octanol–water partition coefficient (Wildman–Crippen LogP) is -5.11. The van der Waals surface area contributed by atoms with Crippen molar-refractivity contribution < 1.29 is 73.5 Å². The van der Waals surface area contributed by atoms with E-state index < -0.39 is 9.34 Å². The molecule has 0 aromatic rings. The molecule has 0 saturated carbocycles. The van der Waals surface area contributed by atoms with Crippen LogP contribution in [0.15, 0.2) is 0 Å². The monoisotopic (exact) mass is 370 g/mol. The third kappa shape index (κ3) is 7.12. The molecule has 0 amide bonds. The Kier molecular flexibility index (Phi) is 14.7. The maximum Gasteiger partial charge on any atom is 1.00 e. The summed E-state index contributed by atoms with van der Waals surface area (Å²) >= 11 is 5.58. The van der Waals surface area contributed by atoms with Gasteiger partial charge in [-0.25, -0.2) is 0 Å². The van der Waals surface area contributed by atoms with Crippen molar-refractivity contribution in [1.82, 2.24) is 0 Å². The molecule has 11 heavy (non-hydrogen) atoms. The van der Waals surface area contributed by atoms with Crippen molar-refractivity contribution in [2.45, 2.75) is 9.34 Å². The normalized spacial score (nSPS) is 11.0. The van der Waals surface area contributed by atoms with Gasteiger partial charge in [-0.15, -0.1) is 0 Å². The van der Waals surface area contributed by atoms with E-state index in [1.165, 1.54) is 6.07 Å². The van der Waals surface area contributed by atoms with Gasteiger partial charge in [0, 0.05) is 0 Å². The second-order valence-corrected chi connectivity index (χ2v) is 4.83. The van der Waals surface area contributed by atoms with Crippen LogP contribution < -0.4 is 68.4 Å². The van der Waals surface area contributed by atoms with E-state index in [1.54, 1.807) is 6.07 Å². The third-order valence-corrected chi connectivity index (χ3v) is 1.84. The fourth-order valence-corrected chi connectivity index (χ4v) is 0.347. The number of aliphatic hydroxyl groups is 1. The van der Waals surface area contributed by atoms with Gasteiger partial charge in [-0.3, -0.25) is 0 Å². The Hall–Kier alpha value is 2.02. The van der Waals surface area contributed by atoms with Crippen molar-refractivity contribution in [2.24, 2.45) is 0 Å². The molecular formula is C4H2Br3KN2O. The van der Waals surface area contributed by atoms with E-state index >= 15 is 0 Å². The van der Waals surface area contributed by atoms with Crippen molar-refractivity contribution in [1.29, 1.82) is 10.5 Å². The molecule has 0 aromatic carbocycles. The van der Waals surface area contributed by atoms with Gasteiger partial charge >= 0.3 is 51.4 Å². The molecule has 7 heteroatoms. The quantitative estimate of drug-likeness (QED) is 0.284. The van der Waals surface area contributed by atoms with Crippen molar-refractivity contribution >= 4 is 31.9 Å². The largest absolute Gasteiger partial charge is 1.00 e. The van der Waals surface area contributed by atoms with Gasteiger partial charge in [-0.05, 0) is 0 Å². The Morgan fingerprint density at radius 3 is 1.82 bits per heavy atom. The summed E-state index contributed by atoms with van der Waals surface area (Å²) in [6.45, 7) is 0. The summed E-state index contributed by atoms with van der Waals surface area (Å²) < 4.78 is -1.32. The first-order valence-electron chi connectivity index (χ1n) is 1.91. The zero-order valence-corrected chi connectivity index (χ0v) is 13.4. The third-order valence-electron chi connectivity index (χ3n) is 0.615. The fourth-order valence-electron chi connectivity index (χ4n) is 0.142. The van der Waals surface area contributed by atoms with Crippen LogP contribution in [0, 0.1) is 22.7 Å². The molecule has 3 nitrogen and oxygen atoms in total. The van der Waals surface area contributed by atoms with Gasteiger partial charge in [-0.1, -0.05) is 31.9 Å². The van der Waals surface area contributed by atoms with Crippen LogP contribution in [0.5, 0.6) is 0 Å². The minimum Gasteiger partial charge on any atom is -1.00 e. The molecule has 0 rings (SSSR count). The van der Waals surface area contributed by atoms with Crippen LogP contribution in [0.25, 0.3) is 0 Å². The smallest absolute Gasteiger partial charge is 1.00 e. The van der Waals surface area contributed by atoms with Crippen LogP contribution in [0.4, 0.5) is 0 Å². The topological polar surface area (TPSA) is 67.8 Å². The number of aliphatic hydroxyl groups excluding tert-OH is 1. The van der Waals surface area contributed by atoms with E-state index in [-0.39, 0.29) is 68.4 Å². The predicted molar refractivity (Wildman–Crippen MR) is 37.8 cm³/mol. The van der Waals surface area contributed by atoms with Gasteiger partial charge < -0.3 is 22.1 Å². The molecule has 56 valence electrons. The Bertz CT molecular complexity index is 185. The maximum absolute atomic E-state index is 8.71. The van der Waals surface area contributed by atoms with Crippen molar-refractivity contribution in [3.8, 4) is 12.1 Å². The van der Waals surface area contributed by atoms with Gasteiger partial charge in [0.25, 0.3) is 0 Å². The first-order valence-corrected chi connectivity index (χ1v) is 3.50. The Morgan fingerprint density at radius 1 is 1.36 bits per heavy atom. The number of alkyl halides is 2. The Balaban J connectivity index is -0.000000320. The molecule has 0 radical (unpaired) electrons. The summed E-state index contributed by atoms with van der Waals surface area (Å²) in [5.41, 5.74) is 0. The molecule has 1 atom stereocenters. The van der Waals surface area contributed by atoms with Gasteiger partial charge in [0.15, 0.2) is 6.10 Å². The summed E-state index contributed by atoms with van der Waals surface area (Å²) in [5.74, 6) is 0. The number of nitriles is 2. The van der Waals surface area contributed by atoms with Gasteiger partial charge in [0.05, 0.1) is 12.1 Å². The molecule has 0 fully saturated rings. The summed E-state index contributed by atoms with van der Waals surface area (Å²) in [7, 11) is 0. The van der Waals surface area contributed by atoms with Gasteiger partial charge in [0.1, 0.15) is 0 Å². The van der Waals surface area contributed by atoms with E-state index in [1.807, 2.05) is 0 Å². The van der Waals surface area contributed by atoms with E-state index in [0.29, 0.717) is 0 Å². The maximum atomic E-state index is 8.71.